The maximum absolute atomic E-state index is 9.47. The third-order valence-corrected chi connectivity index (χ3v) is 3.26. The van der Waals surface area contributed by atoms with E-state index in [-0.39, 0.29) is 12.2 Å². The van der Waals surface area contributed by atoms with Crippen LogP contribution < -0.4 is 0 Å². The lowest BCUT2D eigenvalue weighted by molar-refractivity contribution is -0.0446. The van der Waals surface area contributed by atoms with Gasteiger partial charge in [-0.2, -0.15) is 0 Å². The second-order valence-electron chi connectivity index (χ2n) is 3.53. The molecule has 1 saturated heterocycles. The van der Waals surface area contributed by atoms with Crippen LogP contribution in [0.4, 0.5) is 0 Å². The summed E-state index contributed by atoms with van der Waals surface area (Å²) in [6, 6.07) is 2.15. The first-order valence-electron chi connectivity index (χ1n) is 4.60. The smallest absolute Gasteiger partial charge is 0.0857 e. The molecule has 0 amide bonds. The van der Waals surface area contributed by atoms with E-state index in [4.69, 9.17) is 4.74 Å². The van der Waals surface area contributed by atoms with Crippen molar-refractivity contribution in [3.63, 3.8) is 0 Å². The number of thiophene rings is 1. The van der Waals surface area contributed by atoms with Gasteiger partial charge in [-0.05, 0) is 30.4 Å². The number of hydrogen-bond acceptors (Lipinski definition) is 3. The first-order chi connectivity index (χ1) is 6.25. The van der Waals surface area contributed by atoms with Gasteiger partial charge < -0.3 is 9.84 Å². The Morgan fingerprint density at radius 2 is 2.46 bits per heavy atom. The van der Waals surface area contributed by atoms with Crippen molar-refractivity contribution < 1.29 is 9.84 Å². The van der Waals surface area contributed by atoms with Crippen LogP contribution in [0.1, 0.15) is 29.4 Å². The van der Waals surface area contributed by atoms with Gasteiger partial charge in [-0.15, -0.1) is 11.3 Å². The quantitative estimate of drug-likeness (QED) is 0.750. The lowest BCUT2D eigenvalue weighted by Gasteiger charge is -2.25. The Labute approximate surface area is 82.2 Å². The van der Waals surface area contributed by atoms with Gasteiger partial charge in [-0.3, -0.25) is 0 Å². The highest BCUT2D eigenvalue weighted by molar-refractivity contribution is 7.10. The minimum absolute atomic E-state index is 0.119. The molecule has 0 aromatic carbocycles. The Kier molecular flexibility index (Phi) is 2.67. The molecule has 2 nitrogen and oxygen atoms in total. The summed E-state index contributed by atoms with van der Waals surface area (Å²) in [7, 11) is 0. The molecule has 1 aliphatic rings. The van der Waals surface area contributed by atoms with Crippen molar-refractivity contribution >= 4 is 11.3 Å². The van der Waals surface area contributed by atoms with Crippen LogP contribution in [-0.4, -0.2) is 17.8 Å². The number of hydrogen-bond donors (Lipinski definition) is 1. The molecule has 0 radical (unpaired) electrons. The summed E-state index contributed by atoms with van der Waals surface area (Å²) in [4.78, 5) is 1.30. The number of aliphatic hydroxyl groups excluding tert-OH is 1. The van der Waals surface area contributed by atoms with Crippen molar-refractivity contribution in [3.8, 4) is 0 Å². The zero-order chi connectivity index (χ0) is 9.26. The van der Waals surface area contributed by atoms with Gasteiger partial charge in [-0.25, -0.2) is 0 Å². The highest BCUT2D eigenvalue weighted by Crippen LogP contribution is 2.30. The number of rotatable bonds is 1. The monoisotopic (exact) mass is 198 g/mol. The van der Waals surface area contributed by atoms with Gasteiger partial charge in [0, 0.05) is 17.9 Å². The van der Waals surface area contributed by atoms with Crippen LogP contribution in [0.5, 0.6) is 0 Å². The SMILES string of the molecule is Cc1cc(C2CC(O)CCO2)cs1. The molecule has 3 heteroatoms. The summed E-state index contributed by atoms with van der Waals surface area (Å²) in [5.74, 6) is 0. The molecule has 2 rings (SSSR count). The van der Waals surface area contributed by atoms with Crippen LogP contribution in [0.3, 0.4) is 0 Å². The fourth-order valence-corrected chi connectivity index (χ4v) is 2.39. The Balaban J connectivity index is 2.08. The average Bonchev–Trinajstić information content (AvgIpc) is 2.52. The fourth-order valence-electron chi connectivity index (χ4n) is 1.64. The van der Waals surface area contributed by atoms with E-state index >= 15 is 0 Å². The van der Waals surface area contributed by atoms with Crippen molar-refractivity contribution in [2.24, 2.45) is 0 Å². The number of aliphatic hydroxyl groups is 1. The predicted octanol–water partition coefficient (Wildman–Crippen LogP) is 2.27. The molecular weight excluding hydrogens is 184 g/mol. The lowest BCUT2D eigenvalue weighted by atomic mass is 10.0. The second kappa shape index (κ2) is 3.78. The summed E-state index contributed by atoms with van der Waals surface area (Å²) in [6.07, 6.45) is 1.46. The summed E-state index contributed by atoms with van der Waals surface area (Å²) in [5, 5.41) is 11.6. The average molecular weight is 198 g/mol. The van der Waals surface area contributed by atoms with Crippen LogP contribution >= 0.6 is 11.3 Å². The zero-order valence-electron chi connectivity index (χ0n) is 7.69. The van der Waals surface area contributed by atoms with Crippen LogP contribution in [0, 0.1) is 6.92 Å². The molecule has 1 aliphatic heterocycles. The van der Waals surface area contributed by atoms with Crippen LogP contribution in [0.15, 0.2) is 11.4 Å². The van der Waals surface area contributed by atoms with E-state index in [0.717, 1.165) is 12.8 Å². The molecule has 1 aromatic rings. The van der Waals surface area contributed by atoms with Crippen molar-refractivity contribution in [2.45, 2.75) is 32.0 Å². The standard InChI is InChI=1S/C10H14O2S/c1-7-4-8(6-13-7)10-5-9(11)2-3-12-10/h4,6,9-11H,2-3,5H2,1H3. The summed E-state index contributed by atoms with van der Waals surface area (Å²) >= 11 is 1.74. The maximum Gasteiger partial charge on any atom is 0.0857 e. The van der Waals surface area contributed by atoms with E-state index in [9.17, 15) is 5.11 Å². The van der Waals surface area contributed by atoms with E-state index in [1.807, 2.05) is 0 Å². The predicted molar refractivity (Wildman–Crippen MR) is 53.0 cm³/mol. The van der Waals surface area contributed by atoms with Crippen LogP contribution in [-0.2, 0) is 4.74 Å². The minimum atomic E-state index is -0.182. The highest BCUT2D eigenvalue weighted by Gasteiger charge is 2.22. The largest absolute Gasteiger partial charge is 0.393 e. The van der Waals surface area contributed by atoms with Crippen molar-refractivity contribution in [1.29, 1.82) is 0 Å². The fraction of sp³-hybridized carbons (Fsp3) is 0.600. The molecule has 0 aliphatic carbocycles. The zero-order valence-corrected chi connectivity index (χ0v) is 8.51. The minimum Gasteiger partial charge on any atom is -0.393 e. The van der Waals surface area contributed by atoms with E-state index in [2.05, 4.69) is 18.4 Å². The summed E-state index contributed by atoms with van der Waals surface area (Å²) < 4.78 is 5.59. The summed E-state index contributed by atoms with van der Waals surface area (Å²) in [6.45, 7) is 2.77. The summed E-state index contributed by atoms with van der Waals surface area (Å²) in [5.41, 5.74) is 1.22. The molecule has 13 heavy (non-hydrogen) atoms. The molecule has 2 unspecified atom stereocenters. The Morgan fingerprint density at radius 3 is 3.08 bits per heavy atom. The molecule has 1 N–H and O–H groups in total. The topological polar surface area (TPSA) is 29.5 Å². The Bertz CT molecular complexity index is 282. The number of aryl methyl sites for hydroxylation is 1. The van der Waals surface area contributed by atoms with E-state index in [1.54, 1.807) is 11.3 Å². The third kappa shape index (κ3) is 2.10. The van der Waals surface area contributed by atoms with E-state index in [0.29, 0.717) is 6.61 Å². The molecule has 72 valence electrons. The maximum atomic E-state index is 9.47. The van der Waals surface area contributed by atoms with E-state index in [1.165, 1.54) is 10.4 Å². The van der Waals surface area contributed by atoms with Gasteiger partial charge in [0.15, 0.2) is 0 Å². The number of ether oxygens (including phenoxy) is 1. The van der Waals surface area contributed by atoms with Crippen molar-refractivity contribution in [1.82, 2.24) is 0 Å². The van der Waals surface area contributed by atoms with Crippen molar-refractivity contribution in [2.75, 3.05) is 6.61 Å². The molecule has 1 fully saturated rings. The van der Waals surface area contributed by atoms with Gasteiger partial charge >= 0.3 is 0 Å². The van der Waals surface area contributed by atoms with E-state index < -0.39 is 0 Å². The molecule has 2 heterocycles. The Morgan fingerprint density at radius 1 is 1.62 bits per heavy atom. The van der Waals surface area contributed by atoms with Crippen LogP contribution in [0.25, 0.3) is 0 Å². The normalized spacial score (nSPS) is 29.1. The van der Waals surface area contributed by atoms with Gasteiger partial charge in [0.1, 0.15) is 0 Å². The van der Waals surface area contributed by atoms with Crippen LogP contribution in [0.2, 0.25) is 0 Å². The highest BCUT2D eigenvalue weighted by atomic mass is 32.1. The first-order valence-corrected chi connectivity index (χ1v) is 5.48. The molecule has 0 spiro atoms. The van der Waals surface area contributed by atoms with Gasteiger partial charge in [0.2, 0.25) is 0 Å². The lowest BCUT2D eigenvalue weighted by Crippen LogP contribution is -2.22. The first kappa shape index (κ1) is 9.19. The third-order valence-electron chi connectivity index (χ3n) is 2.38. The van der Waals surface area contributed by atoms with Gasteiger partial charge in [0.05, 0.1) is 12.2 Å². The van der Waals surface area contributed by atoms with Gasteiger partial charge in [-0.1, -0.05) is 0 Å². The Hall–Kier alpha value is -0.380. The molecule has 0 bridgehead atoms. The molecular formula is C10H14O2S. The molecule has 2 atom stereocenters. The molecule has 0 saturated carbocycles. The second-order valence-corrected chi connectivity index (χ2v) is 4.64. The molecule has 1 aromatic heterocycles. The van der Waals surface area contributed by atoms with Gasteiger partial charge in [0.25, 0.3) is 0 Å². The van der Waals surface area contributed by atoms with Crippen molar-refractivity contribution in [3.05, 3.63) is 21.9 Å².